The van der Waals surface area contributed by atoms with Gasteiger partial charge in [0.25, 0.3) is 5.91 Å². The molecule has 7 nitrogen and oxygen atoms in total. The topological polar surface area (TPSA) is 88.5 Å². The van der Waals surface area contributed by atoms with E-state index in [4.69, 9.17) is 11.6 Å². The van der Waals surface area contributed by atoms with E-state index in [1.165, 1.54) is 34.8 Å². The number of benzene rings is 2. The summed E-state index contributed by atoms with van der Waals surface area (Å²) in [4.78, 5) is 25.9. The fourth-order valence-electron chi connectivity index (χ4n) is 3.41. The van der Waals surface area contributed by atoms with Gasteiger partial charge in [-0.05, 0) is 49.4 Å². The highest BCUT2D eigenvalue weighted by atomic mass is 35.5. The normalized spacial score (nSPS) is 11.8. The van der Waals surface area contributed by atoms with E-state index in [-0.39, 0.29) is 10.5 Å². The fraction of sp³-hybridized carbons (Fsp3) is 0.273. The maximum absolute atomic E-state index is 12.9. The van der Waals surface area contributed by atoms with E-state index in [0.29, 0.717) is 41.2 Å². The average molecular weight is 462 g/mol. The van der Waals surface area contributed by atoms with Crippen LogP contribution in [0.5, 0.6) is 0 Å². The summed E-state index contributed by atoms with van der Waals surface area (Å²) in [6.45, 7) is 6.76. The second-order valence-electron chi connectivity index (χ2n) is 6.89. The first-order chi connectivity index (χ1) is 14.7. The molecular weight excluding hydrogens is 438 g/mol. The number of amides is 1. The Morgan fingerprint density at radius 3 is 2.29 bits per heavy atom. The first kappa shape index (κ1) is 23.0. The third kappa shape index (κ3) is 4.51. The highest BCUT2D eigenvalue weighted by Crippen LogP contribution is 2.20. The Balaban J connectivity index is 1.93. The molecule has 164 valence electrons. The molecule has 0 atom stereocenters. The molecule has 2 aromatic carbocycles. The van der Waals surface area contributed by atoms with Crippen molar-refractivity contribution in [2.24, 2.45) is 0 Å². The van der Waals surface area contributed by atoms with Crippen LogP contribution in [0.1, 0.15) is 31.1 Å². The number of rotatable bonds is 7. The zero-order valence-electron chi connectivity index (χ0n) is 17.6. The van der Waals surface area contributed by atoms with Gasteiger partial charge in [0.2, 0.25) is 15.5 Å². The second-order valence-corrected chi connectivity index (χ2v) is 9.26. The molecule has 31 heavy (non-hydrogen) atoms. The van der Waals surface area contributed by atoms with Crippen LogP contribution < -0.4 is 10.7 Å². The van der Waals surface area contributed by atoms with Crippen LogP contribution >= 0.6 is 11.6 Å². The molecule has 9 heteroatoms. The summed E-state index contributed by atoms with van der Waals surface area (Å²) in [6.07, 6.45) is 1.52. The second kappa shape index (κ2) is 9.21. The number of halogens is 1. The highest BCUT2D eigenvalue weighted by molar-refractivity contribution is 7.89. The average Bonchev–Trinajstić information content (AvgIpc) is 2.75. The Hall–Kier alpha value is -2.68. The van der Waals surface area contributed by atoms with E-state index in [1.54, 1.807) is 32.0 Å². The van der Waals surface area contributed by atoms with Gasteiger partial charge < -0.3 is 9.88 Å². The maximum Gasteiger partial charge on any atom is 0.261 e. The molecule has 0 unspecified atom stereocenters. The molecule has 0 fully saturated rings. The lowest BCUT2D eigenvalue weighted by molar-refractivity contribution is 0.102. The SMILES string of the molecule is CCN(CC)S(=O)(=O)c1ccc(NC(=O)c2cn(CC)c3ccc(Cl)cc3c2=O)cc1. The van der Waals surface area contributed by atoms with E-state index in [9.17, 15) is 18.0 Å². The van der Waals surface area contributed by atoms with Gasteiger partial charge in [-0.2, -0.15) is 4.31 Å². The Morgan fingerprint density at radius 2 is 1.71 bits per heavy atom. The minimum atomic E-state index is -3.59. The van der Waals surface area contributed by atoms with Gasteiger partial charge in [0.05, 0.1) is 10.4 Å². The Morgan fingerprint density at radius 1 is 1.06 bits per heavy atom. The summed E-state index contributed by atoms with van der Waals surface area (Å²) < 4.78 is 28.4. The van der Waals surface area contributed by atoms with E-state index in [0.717, 1.165) is 0 Å². The van der Waals surface area contributed by atoms with Crippen molar-refractivity contribution in [2.45, 2.75) is 32.2 Å². The molecule has 1 N–H and O–H groups in total. The largest absolute Gasteiger partial charge is 0.347 e. The van der Waals surface area contributed by atoms with Gasteiger partial charge in [0.1, 0.15) is 5.56 Å². The van der Waals surface area contributed by atoms with Crippen molar-refractivity contribution in [3.05, 3.63) is 69.5 Å². The molecule has 0 radical (unpaired) electrons. The van der Waals surface area contributed by atoms with Crippen LogP contribution in [0.4, 0.5) is 5.69 Å². The Bertz CT molecular complexity index is 1280. The number of nitrogens with one attached hydrogen (secondary N) is 1. The van der Waals surface area contributed by atoms with Crippen molar-refractivity contribution in [1.82, 2.24) is 8.87 Å². The van der Waals surface area contributed by atoms with Crippen molar-refractivity contribution in [3.63, 3.8) is 0 Å². The first-order valence-corrected chi connectivity index (χ1v) is 11.8. The molecule has 0 saturated heterocycles. The number of aryl methyl sites for hydroxylation is 1. The first-order valence-electron chi connectivity index (χ1n) is 9.97. The standard InChI is InChI=1S/C22H24ClN3O4S/c1-4-25-14-19(21(27)18-13-15(23)7-12-20(18)25)22(28)24-16-8-10-17(11-9-16)31(29,30)26(5-2)6-3/h7-14H,4-6H2,1-3H3,(H,24,28). The van der Waals surface area contributed by atoms with E-state index >= 15 is 0 Å². The molecule has 0 aliphatic heterocycles. The predicted octanol–water partition coefficient (Wildman–Crippen LogP) is 3.96. The van der Waals surface area contributed by atoms with Gasteiger partial charge in [-0.15, -0.1) is 0 Å². The molecule has 0 spiro atoms. The summed E-state index contributed by atoms with van der Waals surface area (Å²) in [7, 11) is -3.59. The number of aromatic nitrogens is 1. The van der Waals surface area contributed by atoms with E-state index in [2.05, 4.69) is 5.32 Å². The number of pyridine rings is 1. The number of carbonyl (C=O) groups is 1. The van der Waals surface area contributed by atoms with Gasteiger partial charge in [-0.3, -0.25) is 9.59 Å². The quantitative estimate of drug-likeness (QED) is 0.576. The number of anilines is 1. The van der Waals surface area contributed by atoms with Crippen molar-refractivity contribution < 1.29 is 13.2 Å². The lowest BCUT2D eigenvalue weighted by Gasteiger charge is -2.18. The molecular formula is C22H24ClN3O4S. The van der Waals surface area contributed by atoms with E-state index in [1.807, 2.05) is 11.5 Å². The van der Waals surface area contributed by atoms with Crippen LogP contribution in [-0.2, 0) is 16.6 Å². The van der Waals surface area contributed by atoms with Crippen LogP contribution in [0.15, 0.2) is 58.4 Å². The molecule has 3 aromatic rings. The maximum atomic E-state index is 12.9. The number of carbonyl (C=O) groups excluding carboxylic acids is 1. The van der Waals surface area contributed by atoms with Gasteiger partial charge in [-0.1, -0.05) is 25.4 Å². The molecule has 1 amide bonds. The van der Waals surface area contributed by atoms with Gasteiger partial charge in [0, 0.05) is 41.9 Å². The molecule has 1 heterocycles. The smallest absolute Gasteiger partial charge is 0.261 e. The van der Waals surface area contributed by atoms with E-state index < -0.39 is 21.4 Å². The number of hydrogen-bond donors (Lipinski definition) is 1. The van der Waals surface area contributed by atoms with Crippen LogP contribution in [0, 0.1) is 0 Å². The molecule has 3 rings (SSSR count). The summed E-state index contributed by atoms with van der Waals surface area (Å²) in [5.41, 5.74) is 0.647. The van der Waals surface area contributed by atoms with Crippen LogP contribution in [0.3, 0.4) is 0 Å². The molecule has 0 aliphatic rings. The minimum Gasteiger partial charge on any atom is -0.347 e. The summed E-state index contributed by atoms with van der Waals surface area (Å²) in [5, 5.41) is 3.45. The molecule has 0 aliphatic carbocycles. The van der Waals surface area contributed by atoms with Crippen molar-refractivity contribution in [2.75, 3.05) is 18.4 Å². The lowest BCUT2D eigenvalue weighted by atomic mass is 10.1. The van der Waals surface area contributed by atoms with Crippen molar-refractivity contribution in [1.29, 1.82) is 0 Å². The number of sulfonamides is 1. The zero-order chi connectivity index (χ0) is 22.8. The number of hydrogen-bond acceptors (Lipinski definition) is 4. The van der Waals surface area contributed by atoms with Gasteiger partial charge in [-0.25, -0.2) is 8.42 Å². The van der Waals surface area contributed by atoms with Gasteiger partial charge in [0.15, 0.2) is 0 Å². The third-order valence-electron chi connectivity index (χ3n) is 5.08. The predicted molar refractivity (Wildman–Crippen MR) is 123 cm³/mol. The molecule has 1 aromatic heterocycles. The van der Waals surface area contributed by atoms with Crippen LogP contribution in [-0.4, -0.2) is 36.3 Å². The van der Waals surface area contributed by atoms with Crippen molar-refractivity contribution >= 4 is 44.1 Å². The third-order valence-corrected chi connectivity index (χ3v) is 7.38. The Kier molecular flexibility index (Phi) is 6.83. The highest BCUT2D eigenvalue weighted by Gasteiger charge is 2.21. The monoisotopic (exact) mass is 461 g/mol. The number of fused-ring (bicyclic) bond motifs is 1. The minimum absolute atomic E-state index is 0.0172. The van der Waals surface area contributed by atoms with Gasteiger partial charge >= 0.3 is 0 Å². The number of nitrogens with zero attached hydrogens (tertiary/aromatic N) is 2. The summed E-state index contributed by atoms with van der Waals surface area (Å²) in [6, 6.07) is 10.9. The summed E-state index contributed by atoms with van der Waals surface area (Å²) in [5.74, 6) is -0.576. The fourth-order valence-corrected chi connectivity index (χ4v) is 5.04. The van der Waals surface area contributed by atoms with Crippen molar-refractivity contribution in [3.8, 4) is 0 Å². The lowest BCUT2D eigenvalue weighted by Crippen LogP contribution is -2.30. The Labute approximate surface area is 186 Å². The zero-order valence-corrected chi connectivity index (χ0v) is 19.1. The summed E-state index contributed by atoms with van der Waals surface area (Å²) >= 11 is 6.04. The molecule has 0 bridgehead atoms. The van der Waals surface area contributed by atoms with Crippen LogP contribution in [0.25, 0.3) is 10.9 Å². The molecule has 0 saturated carbocycles. The van der Waals surface area contributed by atoms with Crippen LogP contribution in [0.2, 0.25) is 5.02 Å².